The first-order valence-corrected chi connectivity index (χ1v) is 14.7. The molecule has 8 nitrogen and oxygen atoms in total. The maximum Gasteiger partial charge on any atom is 0.264 e. The second-order valence-electron chi connectivity index (χ2n) is 8.97. The molecule has 0 aliphatic carbocycles. The van der Waals surface area contributed by atoms with Gasteiger partial charge in [0.05, 0.1) is 17.2 Å². The van der Waals surface area contributed by atoms with Gasteiger partial charge in [0.25, 0.3) is 10.0 Å². The number of sulfonamides is 1. The van der Waals surface area contributed by atoms with Crippen LogP contribution < -0.4 is 14.4 Å². The summed E-state index contributed by atoms with van der Waals surface area (Å²) in [7, 11) is -4.12. The maximum atomic E-state index is 13.9. The Kier molecular flexibility index (Phi) is 10.9. The number of carbonyl (C=O) groups is 2. The van der Waals surface area contributed by atoms with Crippen LogP contribution in [0.2, 0.25) is 0 Å². The number of nitrogens with one attached hydrogen (secondary N) is 1. The highest BCUT2D eigenvalue weighted by Gasteiger charge is 2.33. The summed E-state index contributed by atoms with van der Waals surface area (Å²) < 4.78 is 34.3. The number of nitrogens with zero attached hydrogens (tertiary/aromatic N) is 2. The summed E-state index contributed by atoms with van der Waals surface area (Å²) in [6.45, 7) is 6.29. The number of ether oxygens (including phenoxy) is 1. The molecule has 0 saturated carbocycles. The highest BCUT2D eigenvalue weighted by Crippen LogP contribution is 2.26. The zero-order valence-electron chi connectivity index (χ0n) is 22.7. The van der Waals surface area contributed by atoms with Gasteiger partial charge in [-0.3, -0.25) is 13.9 Å². The molecule has 2 amide bonds. The Morgan fingerprint density at radius 3 is 2.05 bits per heavy atom. The van der Waals surface area contributed by atoms with Crippen LogP contribution in [0, 0.1) is 0 Å². The third kappa shape index (κ3) is 7.83. The monoisotopic (exact) mass is 551 g/mol. The molecule has 1 N–H and O–H groups in total. The molecule has 1 unspecified atom stereocenters. The molecule has 0 bridgehead atoms. The molecule has 0 radical (unpaired) electrons. The maximum absolute atomic E-state index is 13.9. The normalized spacial score (nSPS) is 11.9. The van der Waals surface area contributed by atoms with Crippen LogP contribution >= 0.6 is 0 Å². The number of para-hydroxylation sites is 1. The van der Waals surface area contributed by atoms with E-state index in [4.69, 9.17) is 4.74 Å². The third-order valence-corrected chi connectivity index (χ3v) is 7.96. The summed E-state index contributed by atoms with van der Waals surface area (Å²) in [6, 6.07) is 23.2. The van der Waals surface area contributed by atoms with Gasteiger partial charge in [-0.15, -0.1) is 0 Å². The smallest absolute Gasteiger partial charge is 0.264 e. The standard InChI is InChI=1S/C30H37N3O5S/c1-4-21-31-30(35)28(5-2)32(22-24-13-9-7-10-14-24)29(34)23-33(25-15-11-8-12-16-25)39(36,37)27-19-17-26(18-20-27)38-6-3/h7-20,28H,4-6,21-23H2,1-3H3,(H,31,35). The Labute approximate surface area is 231 Å². The van der Waals surface area contributed by atoms with Gasteiger partial charge in [0.1, 0.15) is 18.3 Å². The number of carbonyl (C=O) groups excluding carboxylic acids is 2. The predicted octanol–water partition coefficient (Wildman–Crippen LogP) is 4.61. The van der Waals surface area contributed by atoms with Crippen LogP contribution in [0.3, 0.4) is 0 Å². The van der Waals surface area contributed by atoms with Crippen LogP contribution in [-0.4, -0.2) is 50.9 Å². The fourth-order valence-electron chi connectivity index (χ4n) is 4.19. The van der Waals surface area contributed by atoms with Gasteiger partial charge in [-0.1, -0.05) is 62.4 Å². The second kappa shape index (κ2) is 14.3. The van der Waals surface area contributed by atoms with E-state index in [2.05, 4.69) is 5.32 Å². The second-order valence-corrected chi connectivity index (χ2v) is 10.8. The van der Waals surface area contributed by atoms with Gasteiger partial charge in [0, 0.05) is 13.1 Å². The molecule has 9 heteroatoms. The molecule has 0 spiro atoms. The minimum Gasteiger partial charge on any atom is -0.494 e. The lowest BCUT2D eigenvalue weighted by Gasteiger charge is -2.33. The van der Waals surface area contributed by atoms with E-state index in [0.29, 0.717) is 31.0 Å². The van der Waals surface area contributed by atoms with Crippen molar-refractivity contribution >= 4 is 27.5 Å². The van der Waals surface area contributed by atoms with Crippen LogP contribution in [0.1, 0.15) is 39.2 Å². The molecule has 3 aromatic carbocycles. The number of amides is 2. The first-order chi connectivity index (χ1) is 18.8. The lowest BCUT2D eigenvalue weighted by Crippen LogP contribution is -2.52. The van der Waals surface area contributed by atoms with Gasteiger partial charge < -0.3 is 15.0 Å². The molecule has 3 aromatic rings. The van der Waals surface area contributed by atoms with Gasteiger partial charge in [0.15, 0.2) is 0 Å². The molecule has 39 heavy (non-hydrogen) atoms. The van der Waals surface area contributed by atoms with Crippen molar-refractivity contribution in [1.82, 2.24) is 10.2 Å². The number of hydrogen-bond donors (Lipinski definition) is 1. The average Bonchev–Trinajstić information content (AvgIpc) is 2.96. The molecule has 3 rings (SSSR count). The summed E-state index contributed by atoms with van der Waals surface area (Å²) in [6.07, 6.45) is 1.14. The molecular weight excluding hydrogens is 514 g/mol. The molecule has 208 valence electrons. The highest BCUT2D eigenvalue weighted by atomic mass is 32.2. The van der Waals surface area contributed by atoms with Crippen LogP contribution in [0.15, 0.2) is 89.8 Å². The fraction of sp³-hybridized carbons (Fsp3) is 0.333. The van der Waals surface area contributed by atoms with Gasteiger partial charge in [-0.05, 0) is 61.7 Å². The Hall–Kier alpha value is -3.85. The van der Waals surface area contributed by atoms with E-state index in [1.54, 1.807) is 42.5 Å². The summed E-state index contributed by atoms with van der Waals surface area (Å²) >= 11 is 0. The van der Waals surface area contributed by atoms with Crippen molar-refractivity contribution in [2.45, 2.75) is 51.1 Å². The summed E-state index contributed by atoms with van der Waals surface area (Å²) in [4.78, 5) is 28.5. The molecule has 1 atom stereocenters. The van der Waals surface area contributed by atoms with Gasteiger partial charge in [-0.2, -0.15) is 0 Å². The molecule has 0 heterocycles. The Bertz CT molecular complexity index is 1300. The van der Waals surface area contributed by atoms with Crippen molar-refractivity contribution in [2.24, 2.45) is 0 Å². The minimum atomic E-state index is -4.12. The van der Waals surface area contributed by atoms with Crippen molar-refractivity contribution in [3.8, 4) is 5.75 Å². The number of rotatable bonds is 14. The molecule has 0 aliphatic heterocycles. The fourth-order valence-corrected chi connectivity index (χ4v) is 5.60. The Morgan fingerprint density at radius 1 is 0.872 bits per heavy atom. The lowest BCUT2D eigenvalue weighted by molar-refractivity contribution is -0.140. The van der Waals surface area contributed by atoms with E-state index >= 15 is 0 Å². The zero-order chi connectivity index (χ0) is 28.3. The largest absolute Gasteiger partial charge is 0.494 e. The third-order valence-electron chi connectivity index (χ3n) is 6.18. The Balaban J connectivity index is 2.00. The Morgan fingerprint density at radius 2 is 1.49 bits per heavy atom. The van der Waals surface area contributed by atoms with Crippen molar-refractivity contribution in [3.05, 3.63) is 90.5 Å². The summed E-state index contributed by atoms with van der Waals surface area (Å²) in [5.74, 6) is -0.184. The van der Waals surface area contributed by atoms with Crippen LogP contribution in [0.4, 0.5) is 5.69 Å². The van der Waals surface area contributed by atoms with E-state index in [1.807, 2.05) is 51.1 Å². The SMILES string of the molecule is CCCNC(=O)C(CC)N(Cc1ccccc1)C(=O)CN(c1ccccc1)S(=O)(=O)c1ccc(OCC)cc1. The highest BCUT2D eigenvalue weighted by molar-refractivity contribution is 7.92. The number of anilines is 1. The summed E-state index contributed by atoms with van der Waals surface area (Å²) in [5, 5.41) is 2.88. The van der Waals surface area contributed by atoms with Crippen LogP contribution in [0.25, 0.3) is 0 Å². The molecule has 0 fully saturated rings. The van der Waals surface area contributed by atoms with Crippen LogP contribution in [0.5, 0.6) is 5.75 Å². The van der Waals surface area contributed by atoms with E-state index in [-0.39, 0.29) is 17.3 Å². The number of hydrogen-bond acceptors (Lipinski definition) is 5. The van der Waals surface area contributed by atoms with Gasteiger partial charge in [-0.25, -0.2) is 8.42 Å². The molecular formula is C30H37N3O5S. The van der Waals surface area contributed by atoms with Crippen molar-refractivity contribution in [1.29, 1.82) is 0 Å². The van der Waals surface area contributed by atoms with Crippen molar-refractivity contribution < 1.29 is 22.7 Å². The predicted molar refractivity (Wildman–Crippen MR) is 153 cm³/mol. The first kappa shape index (κ1) is 29.7. The van der Waals surface area contributed by atoms with Crippen molar-refractivity contribution in [2.75, 3.05) is 24.0 Å². The average molecular weight is 552 g/mol. The molecule has 0 saturated heterocycles. The van der Waals surface area contributed by atoms with Gasteiger partial charge >= 0.3 is 0 Å². The van der Waals surface area contributed by atoms with E-state index < -0.39 is 28.5 Å². The van der Waals surface area contributed by atoms with E-state index in [0.717, 1.165) is 16.3 Å². The first-order valence-electron chi connectivity index (χ1n) is 13.2. The molecule has 0 aliphatic rings. The van der Waals surface area contributed by atoms with E-state index in [9.17, 15) is 18.0 Å². The summed E-state index contributed by atoms with van der Waals surface area (Å²) in [5.41, 5.74) is 1.19. The molecule has 0 aromatic heterocycles. The number of benzene rings is 3. The van der Waals surface area contributed by atoms with E-state index in [1.165, 1.54) is 17.0 Å². The zero-order valence-corrected chi connectivity index (χ0v) is 23.6. The van der Waals surface area contributed by atoms with Crippen LogP contribution in [-0.2, 0) is 26.2 Å². The quantitative estimate of drug-likeness (QED) is 0.316. The minimum absolute atomic E-state index is 0.0324. The lowest BCUT2D eigenvalue weighted by atomic mass is 10.1. The topological polar surface area (TPSA) is 96.0 Å². The van der Waals surface area contributed by atoms with Gasteiger partial charge in [0.2, 0.25) is 11.8 Å². The van der Waals surface area contributed by atoms with Crippen molar-refractivity contribution in [3.63, 3.8) is 0 Å².